The summed E-state index contributed by atoms with van der Waals surface area (Å²) in [6.45, 7) is 0. The van der Waals surface area contributed by atoms with Crippen LogP contribution in [0.4, 0.5) is 4.39 Å². The Morgan fingerprint density at radius 2 is 2.29 bits per heavy atom. The number of thiazole rings is 1. The van der Waals surface area contributed by atoms with E-state index in [1.54, 1.807) is 35.3 Å². The van der Waals surface area contributed by atoms with Crippen molar-refractivity contribution < 1.29 is 13.9 Å². The molecule has 0 N–H and O–H groups in total. The summed E-state index contributed by atoms with van der Waals surface area (Å²) in [5, 5.41) is 2.40. The molecule has 0 amide bonds. The topological polar surface area (TPSA) is 39.2 Å². The zero-order valence-corrected chi connectivity index (χ0v) is 12.9. The second kappa shape index (κ2) is 6.58. The first-order chi connectivity index (χ1) is 10.2. The van der Waals surface area contributed by atoms with Gasteiger partial charge in [0.1, 0.15) is 11.9 Å². The highest BCUT2D eigenvalue weighted by Crippen LogP contribution is 2.22. The largest absolute Gasteiger partial charge is 0.457 e. The quantitative estimate of drug-likeness (QED) is 0.807. The van der Waals surface area contributed by atoms with Gasteiger partial charge >= 0.3 is 5.97 Å². The summed E-state index contributed by atoms with van der Waals surface area (Å²) in [5.74, 6) is 1.27. The summed E-state index contributed by atoms with van der Waals surface area (Å²) < 4.78 is 19.0. The highest BCUT2D eigenvalue weighted by molar-refractivity contribution is 7.99. The first kappa shape index (κ1) is 14.5. The number of esters is 1. The van der Waals surface area contributed by atoms with Crippen molar-refractivity contribution in [2.75, 3.05) is 11.5 Å². The predicted molar refractivity (Wildman–Crippen MR) is 82.5 cm³/mol. The molecule has 1 atom stereocenters. The molecule has 6 heteroatoms. The van der Waals surface area contributed by atoms with E-state index in [9.17, 15) is 9.18 Å². The number of ether oxygens (including phenoxy) is 1. The number of halogens is 1. The molecule has 0 aliphatic carbocycles. The summed E-state index contributed by atoms with van der Waals surface area (Å²) in [4.78, 5) is 16.2. The molecule has 3 rings (SSSR count). The van der Waals surface area contributed by atoms with Crippen LogP contribution in [-0.4, -0.2) is 28.6 Å². The number of thioether (sulfide) groups is 1. The zero-order chi connectivity index (χ0) is 14.7. The number of hydrogen-bond donors (Lipinski definition) is 0. The van der Waals surface area contributed by atoms with Crippen LogP contribution in [0.5, 0.6) is 0 Å². The van der Waals surface area contributed by atoms with E-state index in [1.165, 1.54) is 17.4 Å². The molecule has 1 aromatic carbocycles. The minimum absolute atomic E-state index is 0.000724. The van der Waals surface area contributed by atoms with Crippen molar-refractivity contribution in [2.45, 2.75) is 18.9 Å². The number of nitrogens with zero attached hydrogens (tertiary/aromatic N) is 1. The molecule has 0 saturated carbocycles. The fourth-order valence-electron chi connectivity index (χ4n) is 2.11. The fraction of sp³-hybridized carbons (Fsp3) is 0.333. The van der Waals surface area contributed by atoms with Gasteiger partial charge in [0.25, 0.3) is 0 Å². The minimum atomic E-state index is -0.376. The maximum Gasteiger partial charge on any atom is 0.358 e. The summed E-state index contributed by atoms with van der Waals surface area (Å²) in [7, 11) is 0. The minimum Gasteiger partial charge on any atom is -0.457 e. The van der Waals surface area contributed by atoms with Gasteiger partial charge in [0.2, 0.25) is 0 Å². The number of aromatic nitrogens is 1. The van der Waals surface area contributed by atoms with Crippen molar-refractivity contribution in [1.29, 1.82) is 0 Å². The summed E-state index contributed by atoms with van der Waals surface area (Å²) >= 11 is 3.15. The monoisotopic (exact) mass is 323 g/mol. The van der Waals surface area contributed by atoms with Gasteiger partial charge in [0.05, 0.1) is 5.01 Å². The van der Waals surface area contributed by atoms with Crippen LogP contribution < -0.4 is 0 Å². The number of carbonyl (C=O) groups excluding carboxylic acids is 1. The molecule has 1 aromatic heterocycles. The molecular formula is C15H14FNO2S2. The maximum absolute atomic E-state index is 13.6. The molecule has 2 aromatic rings. The molecular weight excluding hydrogens is 309 g/mol. The molecule has 0 spiro atoms. The van der Waals surface area contributed by atoms with Gasteiger partial charge < -0.3 is 4.74 Å². The lowest BCUT2D eigenvalue weighted by atomic mass is 10.1. The van der Waals surface area contributed by atoms with E-state index < -0.39 is 0 Å². The first-order valence-corrected chi connectivity index (χ1v) is 8.72. The Hall–Kier alpha value is -1.40. The smallest absolute Gasteiger partial charge is 0.358 e. The molecule has 0 radical (unpaired) electrons. The standard InChI is InChI=1S/C15H14FNO2S2/c16-12-4-2-1-3-10(12)7-14-17-13(9-21-14)15(18)19-11-5-6-20-8-11/h1-4,9,11H,5-8H2/t11-/m0/s1. The van der Waals surface area contributed by atoms with Crippen molar-refractivity contribution in [3.8, 4) is 0 Å². The molecule has 1 aliphatic rings. The van der Waals surface area contributed by atoms with Gasteiger partial charge in [-0.1, -0.05) is 18.2 Å². The molecule has 110 valence electrons. The SMILES string of the molecule is O=C(O[C@H]1CCSC1)c1csc(Cc2ccccc2F)n1. The van der Waals surface area contributed by atoms with Crippen molar-refractivity contribution in [3.05, 3.63) is 51.7 Å². The molecule has 3 nitrogen and oxygen atoms in total. The molecule has 1 saturated heterocycles. The van der Waals surface area contributed by atoms with Crippen LogP contribution in [0.1, 0.15) is 27.5 Å². The van der Waals surface area contributed by atoms with E-state index in [-0.39, 0.29) is 17.9 Å². The van der Waals surface area contributed by atoms with E-state index in [4.69, 9.17) is 4.74 Å². The van der Waals surface area contributed by atoms with E-state index >= 15 is 0 Å². The Balaban J connectivity index is 1.65. The number of benzene rings is 1. The van der Waals surface area contributed by atoms with Crippen LogP contribution in [-0.2, 0) is 11.2 Å². The molecule has 21 heavy (non-hydrogen) atoms. The highest BCUT2D eigenvalue weighted by atomic mass is 32.2. The van der Waals surface area contributed by atoms with Crippen LogP contribution in [0.15, 0.2) is 29.6 Å². The van der Waals surface area contributed by atoms with E-state index in [2.05, 4.69) is 4.98 Å². The Bertz CT molecular complexity index is 638. The lowest BCUT2D eigenvalue weighted by Gasteiger charge is -2.08. The fourth-order valence-corrected chi connectivity index (χ4v) is 3.99. The number of hydrogen-bond acceptors (Lipinski definition) is 5. The van der Waals surface area contributed by atoms with Crippen LogP contribution in [0.25, 0.3) is 0 Å². The Labute approximate surface area is 130 Å². The van der Waals surface area contributed by atoms with Crippen LogP contribution in [0.2, 0.25) is 0 Å². The van der Waals surface area contributed by atoms with Crippen molar-refractivity contribution in [1.82, 2.24) is 4.98 Å². The van der Waals surface area contributed by atoms with Gasteiger partial charge in [-0.15, -0.1) is 11.3 Å². The van der Waals surface area contributed by atoms with Gasteiger partial charge in [-0.2, -0.15) is 11.8 Å². The third-order valence-electron chi connectivity index (χ3n) is 3.22. The average Bonchev–Trinajstić information content (AvgIpc) is 3.13. The second-order valence-corrected chi connectivity index (χ2v) is 6.88. The van der Waals surface area contributed by atoms with Crippen molar-refractivity contribution >= 4 is 29.1 Å². The van der Waals surface area contributed by atoms with Crippen molar-refractivity contribution in [2.24, 2.45) is 0 Å². The number of carbonyl (C=O) groups is 1. The van der Waals surface area contributed by atoms with Gasteiger partial charge in [-0.25, -0.2) is 14.2 Å². The third-order valence-corrected chi connectivity index (χ3v) is 5.20. The predicted octanol–water partition coefficient (Wildman–Crippen LogP) is 3.54. The number of rotatable bonds is 4. The summed E-state index contributed by atoms with van der Waals surface area (Å²) in [5.41, 5.74) is 0.905. The van der Waals surface area contributed by atoms with Crippen LogP contribution in [0, 0.1) is 5.82 Å². The van der Waals surface area contributed by atoms with E-state index in [1.807, 2.05) is 0 Å². The second-order valence-electron chi connectivity index (χ2n) is 4.79. The maximum atomic E-state index is 13.6. The Morgan fingerprint density at radius 1 is 1.43 bits per heavy atom. The zero-order valence-electron chi connectivity index (χ0n) is 11.3. The van der Waals surface area contributed by atoms with E-state index in [0.29, 0.717) is 22.7 Å². The first-order valence-electron chi connectivity index (χ1n) is 6.69. The van der Waals surface area contributed by atoms with Gasteiger partial charge in [0.15, 0.2) is 5.69 Å². The normalized spacial score (nSPS) is 17.9. The summed E-state index contributed by atoms with van der Waals surface area (Å²) in [6, 6.07) is 6.60. The lowest BCUT2D eigenvalue weighted by molar-refractivity contribution is 0.0350. The highest BCUT2D eigenvalue weighted by Gasteiger charge is 2.22. The van der Waals surface area contributed by atoms with Crippen molar-refractivity contribution in [3.63, 3.8) is 0 Å². The molecule has 2 heterocycles. The third kappa shape index (κ3) is 3.63. The van der Waals surface area contributed by atoms with Crippen LogP contribution in [0.3, 0.4) is 0 Å². The van der Waals surface area contributed by atoms with Crippen LogP contribution >= 0.6 is 23.1 Å². The average molecular weight is 323 g/mol. The Morgan fingerprint density at radius 3 is 3.05 bits per heavy atom. The van der Waals surface area contributed by atoms with Gasteiger partial charge in [-0.3, -0.25) is 0 Å². The molecule has 1 aliphatic heterocycles. The molecule has 0 bridgehead atoms. The lowest BCUT2D eigenvalue weighted by Crippen LogP contribution is -2.17. The Kier molecular flexibility index (Phi) is 4.55. The van der Waals surface area contributed by atoms with E-state index in [0.717, 1.165) is 17.9 Å². The molecule has 1 fully saturated rings. The van der Waals surface area contributed by atoms with Gasteiger partial charge in [0, 0.05) is 17.6 Å². The summed E-state index contributed by atoms with van der Waals surface area (Å²) in [6.07, 6.45) is 1.30. The molecule has 0 unspecified atom stereocenters. The van der Waals surface area contributed by atoms with Gasteiger partial charge in [-0.05, 0) is 23.8 Å².